The van der Waals surface area contributed by atoms with Gasteiger partial charge in [-0.05, 0) is 69.8 Å². The van der Waals surface area contributed by atoms with Crippen LogP contribution in [0.1, 0.15) is 68.7 Å². The normalized spacial score (nSPS) is 23.6. The van der Waals surface area contributed by atoms with Crippen LogP contribution in [0.5, 0.6) is 0 Å². The van der Waals surface area contributed by atoms with Crippen LogP contribution in [-0.4, -0.2) is 51.4 Å². The molecule has 2 aromatic rings. The average molecular weight is 476 g/mol. The van der Waals surface area contributed by atoms with Crippen molar-refractivity contribution in [3.05, 3.63) is 20.8 Å². The Balaban J connectivity index is 1.45. The van der Waals surface area contributed by atoms with Gasteiger partial charge in [0.25, 0.3) is 5.56 Å². The Morgan fingerprint density at radius 1 is 1.19 bits per heavy atom. The number of likely N-dealkylation sites (tertiary alicyclic amines) is 1. The maximum atomic E-state index is 13.7. The van der Waals surface area contributed by atoms with E-state index in [0.29, 0.717) is 23.5 Å². The number of aryl methyl sites for hydroxylation is 2. The lowest BCUT2D eigenvalue weighted by atomic mass is 9.97. The van der Waals surface area contributed by atoms with E-state index in [9.17, 15) is 9.59 Å². The van der Waals surface area contributed by atoms with Gasteiger partial charge in [-0.3, -0.25) is 14.2 Å². The average Bonchev–Trinajstić information content (AvgIpc) is 3.47. The highest BCUT2D eigenvalue weighted by Crippen LogP contribution is 2.35. The molecule has 3 aliphatic rings. The van der Waals surface area contributed by atoms with Crippen molar-refractivity contribution in [2.45, 2.75) is 95.0 Å². The fourth-order valence-corrected chi connectivity index (χ4v) is 7.64. The molecule has 2 aromatic heterocycles. The molecule has 0 N–H and O–H groups in total. The maximum absolute atomic E-state index is 13.7. The van der Waals surface area contributed by atoms with Crippen molar-refractivity contribution >= 4 is 39.2 Å². The van der Waals surface area contributed by atoms with Gasteiger partial charge < -0.3 is 9.64 Å². The molecule has 174 valence electrons. The third-order valence-electron chi connectivity index (χ3n) is 7.19. The molecule has 2 saturated heterocycles. The van der Waals surface area contributed by atoms with Crippen molar-refractivity contribution in [1.82, 2.24) is 14.5 Å². The van der Waals surface area contributed by atoms with Crippen molar-refractivity contribution < 1.29 is 9.53 Å². The number of piperidine rings is 1. The number of carbonyl (C=O) groups excluding carboxylic acids is 1. The molecule has 5 rings (SSSR count). The van der Waals surface area contributed by atoms with Gasteiger partial charge in [0.1, 0.15) is 4.83 Å². The molecule has 0 radical (unpaired) electrons. The van der Waals surface area contributed by atoms with Crippen LogP contribution in [0, 0.1) is 0 Å². The zero-order chi connectivity index (χ0) is 22.1. The van der Waals surface area contributed by atoms with Gasteiger partial charge in [-0.25, -0.2) is 4.98 Å². The van der Waals surface area contributed by atoms with Crippen LogP contribution in [0.15, 0.2) is 9.95 Å². The summed E-state index contributed by atoms with van der Waals surface area (Å²) < 4.78 is 7.66. The predicted molar refractivity (Wildman–Crippen MR) is 130 cm³/mol. The Kier molecular flexibility index (Phi) is 6.90. The minimum Gasteiger partial charge on any atom is -0.376 e. The third-order valence-corrected chi connectivity index (χ3v) is 9.34. The van der Waals surface area contributed by atoms with Crippen molar-refractivity contribution in [3.63, 3.8) is 0 Å². The number of aromatic nitrogens is 2. The molecule has 2 unspecified atom stereocenters. The molecule has 0 saturated carbocycles. The van der Waals surface area contributed by atoms with Crippen molar-refractivity contribution in [1.29, 1.82) is 0 Å². The predicted octanol–water partition coefficient (Wildman–Crippen LogP) is 4.40. The lowest BCUT2D eigenvalue weighted by Crippen LogP contribution is -2.44. The molecular weight excluding hydrogens is 442 g/mol. The number of ether oxygens (including phenoxy) is 1. The lowest BCUT2D eigenvalue weighted by Gasteiger charge is -2.35. The van der Waals surface area contributed by atoms with E-state index in [0.717, 1.165) is 74.7 Å². The summed E-state index contributed by atoms with van der Waals surface area (Å²) in [4.78, 5) is 35.9. The number of hydrogen-bond donors (Lipinski definition) is 0. The van der Waals surface area contributed by atoms with Gasteiger partial charge in [0.05, 0.1) is 23.8 Å². The lowest BCUT2D eigenvalue weighted by molar-refractivity contribution is -0.132. The Labute approximate surface area is 197 Å². The Morgan fingerprint density at radius 2 is 2.06 bits per heavy atom. The minimum absolute atomic E-state index is 0.0584. The Bertz CT molecular complexity index is 1040. The summed E-state index contributed by atoms with van der Waals surface area (Å²) in [5.41, 5.74) is 1.28. The second-order valence-electron chi connectivity index (χ2n) is 9.27. The number of carbonyl (C=O) groups is 1. The first-order valence-corrected chi connectivity index (χ1v) is 14.0. The van der Waals surface area contributed by atoms with E-state index in [1.54, 1.807) is 11.3 Å². The first-order valence-electron chi connectivity index (χ1n) is 12.2. The summed E-state index contributed by atoms with van der Waals surface area (Å²) in [6.07, 6.45) is 10.8. The zero-order valence-electron chi connectivity index (χ0n) is 18.9. The van der Waals surface area contributed by atoms with Crippen LogP contribution < -0.4 is 5.56 Å². The van der Waals surface area contributed by atoms with Gasteiger partial charge in [0.15, 0.2) is 5.16 Å². The van der Waals surface area contributed by atoms with E-state index >= 15 is 0 Å². The number of rotatable bonds is 6. The number of thiophene rings is 1. The first-order chi connectivity index (χ1) is 15.7. The summed E-state index contributed by atoms with van der Waals surface area (Å²) in [5.74, 6) is 0.510. The molecule has 2 aliphatic heterocycles. The fraction of sp³-hybridized carbons (Fsp3) is 0.708. The van der Waals surface area contributed by atoms with Crippen molar-refractivity contribution in [2.24, 2.45) is 0 Å². The molecule has 2 atom stereocenters. The van der Waals surface area contributed by atoms with Crippen molar-refractivity contribution in [3.8, 4) is 0 Å². The highest BCUT2D eigenvalue weighted by atomic mass is 32.2. The molecule has 0 aromatic carbocycles. The van der Waals surface area contributed by atoms with Crippen LogP contribution in [0.25, 0.3) is 10.2 Å². The summed E-state index contributed by atoms with van der Waals surface area (Å²) in [6, 6.07) is 0.352. The Hall–Kier alpha value is -1.38. The van der Waals surface area contributed by atoms with Gasteiger partial charge in [-0.1, -0.05) is 18.7 Å². The number of thioether (sulfide) groups is 1. The molecule has 0 spiro atoms. The van der Waals surface area contributed by atoms with Crippen LogP contribution in [-0.2, 0) is 28.9 Å². The second kappa shape index (κ2) is 9.85. The highest BCUT2D eigenvalue weighted by molar-refractivity contribution is 7.99. The molecule has 4 heterocycles. The quantitative estimate of drug-likeness (QED) is 0.458. The molecule has 0 bridgehead atoms. The maximum Gasteiger partial charge on any atom is 0.263 e. The SMILES string of the molecule is CCC1CCCCN1C(=O)CSc1nc2sc3c(c2c(=O)n1CC1CCCO1)CCCC3. The van der Waals surface area contributed by atoms with Gasteiger partial charge in [-0.2, -0.15) is 0 Å². The molecule has 32 heavy (non-hydrogen) atoms. The molecule has 2 fully saturated rings. The molecule has 1 aliphatic carbocycles. The van der Waals surface area contributed by atoms with E-state index < -0.39 is 0 Å². The van der Waals surface area contributed by atoms with Crippen LogP contribution >= 0.6 is 23.1 Å². The minimum atomic E-state index is 0.0584. The summed E-state index contributed by atoms with van der Waals surface area (Å²) in [5, 5.41) is 1.50. The highest BCUT2D eigenvalue weighted by Gasteiger charge is 2.28. The molecule has 6 nitrogen and oxygen atoms in total. The van der Waals surface area contributed by atoms with E-state index in [1.807, 2.05) is 4.57 Å². The third kappa shape index (κ3) is 4.38. The number of hydrogen-bond acceptors (Lipinski definition) is 6. The van der Waals surface area contributed by atoms with Crippen LogP contribution in [0.2, 0.25) is 0 Å². The topological polar surface area (TPSA) is 64.4 Å². The summed E-state index contributed by atoms with van der Waals surface area (Å²) in [6.45, 7) is 4.31. The molecule has 1 amide bonds. The smallest absolute Gasteiger partial charge is 0.263 e. The van der Waals surface area contributed by atoms with Gasteiger partial charge in [-0.15, -0.1) is 11.3 Å². The van der Waals surface area contributed by atoms with Gasteiger partial charge >= 0.3 is 0 Å². The van der Waals surface area contributed by atoms with E-state index in [-0.39, 0.29) is 17.6 Å². The summed E-state index contributed by atoms with van der Waals surface area (Å²) >= 11 is 3.11. The van der Waals surface area contributed by atoms with Gasteiger partial charge in [0.2, 0.25) is 5.91 Å². The van der Waals surface area contributed by atoms with Gasteiger partial charge in [0, 0.05) is 24.1 Å². The number of fused-ring (bicyclic) bond motifs is 3. The van der Waals surface area contributed by atoms with Crippen LogP contribution in [0.4, 0.5) is 0 Å². The number of nitrogens with zero attached hydrogens (tertiary/aromatic N) is 3. The summed E-state index contributed by atoms with van der Waals surface area (Å²) in [7, 11) is 0. The van der Waals surface area contributed by atoms with E-state index in [4.69, 9.17) is 9.72 Å². The first kappa shape index (κ1) is 22.4. The monoisotopic (exact) mass is 475 g/mol. The second-order valence-corrected chi connectivity index (χ2v) is 11.3. The zero-order valence-corrected chi connectivity index (χ0v) is 20.6. The molecule has 8 heteroatoms. The number of amides is 1. The fourth-order valence-electron chi connectivity index (χ4n) is 5.45. The van der Waals surface area contributed by atoms with E-state index in [2.05, 4.69) is 11.8 Å². The Morgan fingerprint density at radius 3 is 2.88 bits per heavy atom. The van der Waals surface area contributed by atoms with Crippen molar-refractivity contribution in [2.75, 3.05) is 18.9 Å². The largest absolute Gasteiger partial charge is 0.376 e. The molecular formula is C24H33N3O3S2. The standard InChI is InChI=1S/C24H33N3O3S2/c1-2-16-8-5-6-12-26(16)20(28)15-31-24-25-22-21(18-10-3-4-11-19(18)32-22)23(29)27(24)14-17-9-7-13-30-17/h16-17H,2-15H2,1H3. The van der Waals surface area contributed by atoms with E-state index in [1.165, 1.54) is 35.0 Å². The van der Waals surface area contributed by atoms with Crippen LogP contribution in [0.3, 0.4) is 0 Å².